The summed E-state index contributed by atoms with van der Waals surface area (Å²) in [4.78, 5) is 16.0. The van der Waals surface area contributed by atoms with Crippen molar-refractivity contribution in [2.45, 2.75) is 5.16 Å². The van der Waals surface area contributed by atoms with Gasteiger partial charge in [-0.05, 0) is 24.3 Å². The van der Waals surface area contributed by atoms with Crippen LogP contribution in [0.4, 0.5) is 5.82 Å². The maximum absolute atomic E-state index is 11.9. The number of aromatic nitrogens is 4. The topological polar surface area (TPSA) is 98.7 Å². The molecule has 122 valence electrons. The molecule has 0 saturated carbocycles. The Bertz CT molecular complexity index is 854. The Hall–Kier alpha value is -2.58. The van der Waals surface area contributed by atoms with E-state index in [2.05, 4.69) is 20.5 Å². The summed E-state index contributed by atoms with van der Waals surface area (Å²) < 4.78 is 1.32. The van der Waals surface area contributed by atoms with Gasteiger partial charge in [0.15, 0.2) is 5.82 Å². The first kappa shape index (κ1) is 16.3. The van der Waals surface area contributed by atoms with Gasteiger partial charge >= 0.3 is 0 Å². The van der Waals surface area contributed by atoms with Crippen molar-refractivity contribution in [2.24, 2.45) is 0 Å². The molecule has 3 N–H and O–H groups in total. The van der Waals surface area contributed by atoms with Crippen LogP contribution in [0.2, 0.25) is 5.02 Å². The van der Waals surface area contributed by atoms with Crippen molar-refractivity contribution in [3.63, 3.8) is 0 Å². The lowest BCUT2D eigenvalue weighted by molar-refractivity contribution is -0.113. The fourth-order valence-electron chi connectivity index (χ4n) is 1.95. The first-order valence-electron chi connectivity index (χ1n) is 6.94. The second kappa shape index (κ2) is 7.33. The Morgan fingerprint density at radius 2 is 2.00 bits per heavy atom. The standard InChI is InChI=1S/C15H13ClN6OS/c16-11-6-2-1-5-10(11)14-20-21-15(22(14)17)24-9-13(23)19-12-7-3-4-8-18-12/h1-8H,9,17H2,(H,18,19,23). The second-order valence-electron chi connectivity index (χ2n) is 4.71. The number of carbonyl (C=O) groups is 1. The third kappa shape index (κ3) is 3.66. The number of nitrogen functional groups attached to an aromatic ring is 1. The van der Waals surface area contributed by atoms with Gasteiger partial charge in [0.2, 0.25) is 11.1 Å². The van der Waals surface area contributed by atoms with Crippen LogP contribution >= 0.6 is 23.4 Å². The van der Waals surface area contributed by atoms with Gasteiger partial charge in [-0.25, -0.2) is 9.66 Å². The molecule has 0 aliphatic carbocycles. The van der Waals surface area contributed by atoms with Crippen LogP contribution in [0.1, 0.15) is 0 Å². The van der Waals surface area contributed by atoms with Crippen LogP contribution in [0.3, 0.4) is 0 Å². The Balaban J connectivity index is 1.67. The molecule has 1 aromatic carbocycles. The van der Waals surface area contributed by atoms with E-state index in [4.69, 9.17) is 17.4 Å². The molecule has 0 spiro atoms. The van der Waals surface area contributed by atoms with Crippen LogP contribution in [-0.2, 0) is 4.79 Å². The predicted octanol–water partition coefficient (Wildman–Crippen LogP) is 2.44. The summed E-state index contributed by atoms with van der Waals surface area (Å²) in [6.07, 6.45) is 1.61. The summed E-state index contributed by atoms with van der Waals surface area (Å²) in [5, 5.41) is 11.7. The van der Waals surface area contributed by atoms with E-state index in [1.54, 1.807) is 36.5 Å². The highest BCUT2D eigenvalue weighted by atomic mass is 35.5. The van der Waals surface area contributed by atoms with Crippen molar-refractivity contribution < 1.29 is 4.79 Å². The average molecular weight is 361 g/mol. The number of hydrogen-bond donors (Lipinski definition) is 2. The highest BCUT2D eigenvalue weighted by molar-refractivity contribution is 7.99. The Kier molecular flexibility index (Phi) is 4.97. The molecule has 7 nitrogen and oxygen atoms in total. The highest BCUT2D eigenvalue weighted by Crippen LogP contribution is 2.27. The van der Waals surface area contributed by atoms with Gasteiger partial charge in [-0.3, -0.25) is 4.79 Å². The number of anilines is 1. The van der Waals surface area contributed by atoms with Gasteiger partial charge < -0.3 is 11.2 Å². The number of rotatable bonds is 5. The molecule has 0 atom stereocenters. The van der Waals surface area contributed by atoms with E-state index < -0.39 is 0 Å². The van der Waals surface area contributed by atoms with E-state index in [-0.39, 0.29) is 11.7 Å². The lowest BCUT2D eigenvalue weighted by Crippen LogP contribution is -2.17. The fourth-order valence-corrected chi connectivity index (χ4v) is 2.82. The normalized spacial score (nSPS) is 10.5. The van der Waals surface area contributed by atoms with Gasteiger partial charge in [-0.1, -0.05) is 41.6 Å². The molecular formula is C15H13ClN6OS. The lowest BCUT2D eigenvalue weighted by Gasteiger charge is -2.05. The van der Waals surface area contributed by atoms with Crippen LogP contribution < -0.4 is 11.2 Å². The highest BCUT2D eigenvalue weighted by Gasteiger charge is 2.15. The van der Waals surface area contributed by atoms with Crippen molar-refractivity contribution in [2.75, 3.05) is 16.9 Å². The molecule has 2 heterocycles. The van der Waals surface area contributed by atoms with Gasteiger partial charge in [0.05, 0.1) is 10.8 Å². The zero-order chi connectivity index (χ0) is 16.9. The molecule has 24 heavy (non-hydrogen) atoms. The number of nitrogens with two attached hydrogens (primary N) is 1. The molecule has 0 aliphatic heterocycles. The molecule has 3 rings (SSSR count). The van der Waals surface area contributed by atoms with Crippen LogP contribution in [0, 0.1) is 0 Å². The van der Waals surface area contributed by atoms with E-state index in [9.17, 15) is 4.79 Å². The van der Waals surface area contributed by atoms with E-state index in [1.165, 1.54) is 16.4 Å². The number of halogens is 1. The number of nitrogens with one attached hydrogen (secondary N) is 1. The van der Waals surface area contributed by atoms with Gasteiger partial charge in [0.1, 0.15) is 5.82 Å². The van der Waals surface area contributed by atoms with Gasteiger partial charge in [-0.15, -0.1) is 10.2 Å². The quantitative estimate of drug-likeness (QED) is 0.535. The van der Waals surface area contributed by atoms with Gasteiger partial charge in [-0.2, -0.15) is 0 Å². The summed E-state index contributed by atoms with van der Waals surface area (Å²) in [7, 11) is 0. The number of thioether (sulfide) groups is 1. The third-order valence-corrected chi connectivity index (χ3v) is 4.32. The second-order valence-corrected chi connectivity index (χ2v) is 6.06. The molecule has 9 heteroatoms. The van der Waals surface area contributed by atoms with Crippen molar-refractivity contribution in [3.8, 4) is 11.4 Å². The number of carbonyl (C=O) groups excluding carboxylic acids is 1. The SMILES string of the molecule is Nn1c(SCC(=O)Nc2ccccn2)nnc1-c1ccccc1Cl. The number of nitrogens with zero attached hydrogens (tertiary/aromatic N) is 4. The molecule has 0 saturated heterocycles. The van der Waals surface area contributed by atoms with Gasteiger partial charge in [0.25, 0.3) is 0 Å². The van der Waals surface area contributed by atoms with Crippen molar-refractivity contribution in [1.82, 2.24) is 19.9 Å². The van der Waals surface area contributed by atoms with Gasteiger partial charge in [0, 0.05) is 11.8 Å². The monoisotopic (exact) mass is 360 g/mol. The largest absolute Gasteiger partial charge is 0.335 e. The van der Waals surface area contributed by atoms with E-state index in [0.717, 1.165) is 0 Å². The summed E-state index contributed by atoms with van der Waals surface area (Å²) >= 11 is 7.32. The fraction of sp³-hybridized carbons (Fsp3) is 0.0667. The zero-order valence-corrected chi connectivity index (χ0v) is 14.0. The minimum absolute atomic E-state index is 0.133. The lowest BCUT2D eigenvalue weighted by atomic mass is 10.2. The van der Waals surface area contributed by atoms with Crippen LogP contribution in [0.25, 0.3) is 11.4 Å². The van der Waals surface area contributed by atoms with Crippen molar-refractivity contribution >= 4 is 35.1 Å². The molecule has 0 bridgehead atoms. The maximum Gasteiger partial charge on any atom is 0.236 e. The average Bonchev–Trinajstić information content (AvgIpc) is 2.95. The summed E-state index contributed by atoms with van der Waals surface area (Å²) in [6, 6.07) is 12.5. The molecule has 1 amide bonds. The maximum atomic E-state index is 11.9. The minimum atomic E-state index is -0.207. The molecule has 0 aliphatic rings. The van der Waals surface area contributed by atoms with Crippen molar-refractivity contribution in [3.05, 3.63) is 53.7 Å². The van der Waals surface area contributed by atoms with E-state index >= 15 is 0 Å². The minimum Gasteiger partial charge on any atom is -0.335 e. The van der Waals surface area contributed by atoms with E-state index in [1.807, 2.05) is 12.1 Å². The number of benzene rings is 1. The Morgan fingerprint density at radius 3 is 2.75 bits per heavy atom. The molecule has 2 aromatic heterocycles. The Morgan fingerprint density at radius 1 is 1.21 bits per heavy atom. The summed E-state index contributed by atoms with van der Waals surface area (Å²) in [6.45, 7) is 0. The summed E-state index contributed by atoms with van der Waals surface area (Å²) in [5.41, 5.74) is 0.680. The third-order valence-electron chi connectivity index (χ3n) is 3.04. The molecule has 0 radical (unpaired) electrons. The summed E-state index contributed by atoms with van der Waals surface area (Å²) in [5.74, 6) is 6.87. The van der Waals surface area contributed by atoms with E-state index in [0.29, 0.717) is 27.4 Å². The number of amides is 1. The van der Waals surface area contributed by atoms with Crippen LogP contribution in [0.15, 0.2) is 53.8 Å². The van der Waals surface area contributed by atoms with Crippen molar-refractivity contribution in [1.29, 1.82) is 0 Å². The van der Waals surface area contributed by atoms with Crippen LogP contribution in [0.5, 0.6) is 0 Å². The zero-order valence-electron chi connectivity index (χ0n) is 12.4. The number of pyridine rings is 1. The smallest absolute Gasteiger partial charge is 0.236 e. The molecule has 3 aromatic rings. The Labute approximate surface area is 147 Å². The first-order valence-corrected chi connectivity index (χ1v) is 8.30. The molecule has 0 unspecified atom stereocenters. The van der Waals surface area contributed by atoms with Crippen LogP contribution in [-0.4, -0.2) is 31.5 Å². The molecule has 0 fully saturated rings. The first-order chi connectivity index (χ1) is 11.6. The predicted molar refractivity (Wildman–Crippen MR) is 94.2 cm³/mol. The molecular weight excluding hydrogens is 348 g/mol. The number of hydrogen-bond acceptors (Lipinski definition) is 6.